The van der Waals surface area contributed by atoms with Crippen molar-refractivity contribution in [1.82, 2.24) is 15.0 Å². The number of hydrogen-bond donors (Lipinski definition) is 2. The molecule has 2 rings (SSSR count). The molecule has 0 amide bonds. The van der Waals surface area contributed by atoms with E-state index in [9.17, 15) is 4.79 Å². The Bertz CT molecular complexity index is 514. The van der Waals surface area contributed by atoms with Gasteiger partial charge in [0.2, 0.25) is 0 Å². The molecule has 2 aromatic rings. The minimum absolute atomic E-state index is 0.125. The van der Waals surface area contributed by atoms with E-state index < -0.39 is 0 Å². The molecule has 0 aliphatic heterocycles. The van der Waals surface area contributed by atoms with E-state index in [1.165, 1.54) is 7.11 Å². The van der Waals surface area contributed by atoms with Crippen molar-refractivity contribution in [2.45, 2.75) is 19.8 Å². The Morgan fingerprint density at radius 3 is 2.72 bits per heavy atom. The summed E-state index contributed by atoms with van der Waals surface area (Å²) in [6, 6.07) is 3.86. The zero-order valence-electron chi connectivity index (χ0n) is 10.7. The Balaban J connectivity index is 2.30. The van der Waals surface area contributed by atoms with Gasteiger partial charge in [-0.15, -0.1) is 0 Å². The normalized spacial score (nSPS) is 12.7. The maximum absolute atomic E-state index is 11.8. The summed E-state index contributed by atoms with van der Waals surface area (Å²) in [5.41, 5.74) is 1.81. The van der Waals surface area contributed by atoms with Crippen molar-refractivity contribution in [3.05, 3.63) is 30.4 Å². The van der Waals surface area contributed by atoms with Crippen molar-refractivity contribution in [3.8, 4) is 11.4 Å². The van der Waals surface area contributed by atoms with E-state index in [0.29, 0.717) is 5.82 Å². The smallest absolute Gasteiger partial charge is 0.316 e. The highest BCUT2D eigenvalue weighted by Crippen LogP contribution is 2.25. The minimum Gasteiger partial charge on any atom is -0.468 e. The first-order valence-electron chi connectivity index (χ1n) is 5.90. The molecule has 5 nitrogen and oxygen atoms in total. The van der Waals surface area contributed by atoms with Gasteiger partial charge in [0.1, 0.15) is 11.7 Å². The third kappa shape index (κ3) is 2.30. The molecule has 0 aliphatic rings. The molecule has 2 heterocycles. The Kier molecular flexibility index (Phi) is 3.50. The van der Waals surface area contributed by atoms with Gasteiger partial charge in [0.15, 0.2) is 0 Å². The standard InChI is InChI=1S/C13H17N3O2/c1-8(2)11(13(17)18-3)12-15-7-10(16-12)9-5-4-6-14-9/h4-8,11,14H,1-3H3,(H,15,16). The summed E-state index contributed by atoms with van der Waals surface area (Å²) in [4.78, 5) is 22.3. The first kappa shape index (κ1) is 12.4. The van der Waals surface area contributed by atoms with Crippen LogP contribution < -0.4 is 0 Å². The van der Waals surface area contributed by atoms with Crippen LogP contribution in [0.1, 0.15) is 25.6 Å². The lowest BCUT2D eigenvalue weighted by Gasteiger charge is -2.15. The van der Waals surface area contributed by atoms with E-state index in [1.54, 1.807) is 6.20 Å². The van der Waals surface area contributed by atoms with Crippen LogP contribution in [0.4, 0.5) is 0 Å². The number of methoxy groups -OCH3 is 1. The first-order valence-corrected chi connectivity index (χ1v) is 5.90. The summed E-state index contributed by atoms with van der Waals surface area (Å²) in [6.45, 7) is 3.94. The number of nitrogens with one attached hydrogen (secondary N) is 2. The van der Waals surface area contributed by atoms with Gasteiger partial charge in [0, 0.05) is 6.20 Å². The fourth-order valence-electron chi connectivity index (χ4n) is 1.96. The van der Waals surface area contributed by atoms with Crippen molar-refractivity contribution in [2.24, 2.45) is 5.92 Å². The van der Waals surface area contributed by atoms with E-state index in [4.69, 9.17) is 4.74 Å². The van der Waals surface area contributed by atoms with Gasteiger partial charge in [-0.2, -0.15) is 0 Å². The van der Waals surface area contributed by atoms with Crippen LogP contribution in [0.5, 0.6) is 0 Å². The molecule has 0 spiro atoms. The van der Waals surface area contributed by atoms with Gasteiger partial charge in [0.25, 0.3) is 0 Å². The lowest BCUT2D eigenvalue weighted by atomic mass is 9.95. The Hall–Kier alpha value is -2.04. The van der Waals surface area contributed by atoms with E-state index in [2.05, 4.69) is 15.0 Å². The van der Waals surface area contributed by atoms with Crippen LogP contribution in [-0.4, -0.2) is 28.0 Å². The first-order chi connectivity index (χ1) is 8.63. The molecular formula is C13H17N3O2. The fraction of sp³-hybridized carbons (Fsp3) is 0.385. The maximum atomic E-state index is 11.8. The van der Waals surface area contributed by atoms with Crippen LogP contribution in [0.3, 0.4) is 0 Å². The van der Waals surface area contributed by atoms with Crippen LogP contribution in [0.25, 0.3) is 11.4 Å². The minimum atomic E-state index is -0.362. The molecule has 1 atom stereocenters. The fourth-order valence-corrected chi connectivity index (χ4v) is 1.96. The molecule has 0 aliphatic carbocycles. The average molecular weight is 247 g/mol. The molecule has 0 aromatic carbocycles. The van der Waals surface area contributed by atoms with Crippen molar-refractivity contribution in [3.63, 3.8) is 0 Å². The monoisotopic (exact) mass is 247 g/mol. The molecule has 1 unspecified atom stereocenters. The Morgan fingerprint density at radius 1 is 1.39 bits per heavy atom. The molecule has 2 aromatic heterocycles. The number of H-pyrrole nitrogens is 2. The van der Waals surface area contributed by atoms with Crippen LogP contribution in [0, 0.1) is 5.92 Å². The number of ether oxygens (including phenoxy) is 1. The lowest BCUT2D eigenvalue weighted by Crippen LogP contribution is -2.20. The zero-order valence-corrected chi connectivity index (χ0v) is 10.7. The quantitative estimate of drug-likeness (QED) is 0.814. The zero-order chi connectivity index (χ0) is 13.1. The number of hydrogen-bond acceptors (Lipinski definition) is 3. The molecule has 18 heavy (non-hydrogen) atoms. The van der Waals surface area contributed by atoms with E-state index in [1.807, 2.05) is 32.2 Å². The Morgan fingerprint density at radius 2 is 2.17 bits per heavy atom. The van der Waals surface area contributed by atoms with Crippen molar-refractivity contribution < 1.29 is 9.53 Å². The van der Waals surface area contributed by atoms with Crippen LogP contribution in [0.2, 0.25) is 0 Å². The number of nitrogens with zero attached hydrogens (tertiary/aromatic N) is 1. The predicted molar refractivity (Wildman–Crippen MR) is 68.0 cm³/mol. The van der Waals surface area contributed by atoms with Crippen molar-refractivity contribution in [1.29, 1.82) is 0 Å². The van der Waals surface area contributed by atoms with Gasteiger partial charge in [-0.3, -0.25) is 4.79 Å². The third-order valence-corrected chi connectivity index (χ3v) is 2.90. The molecule has 0 radical (unpaired) electrons. The number of aromatic nitrogens is 3. The molecule has 0 saturated carbocycles. The van der Waals surface area contributed by atoms with Crippen LogP contribution >= 0.6 is 0 Å². The number of carbonyl (C=O) groups is 1. The third-order valence-electron chi connectivity index (χ3n) is 2.90. The second-order valence-corrected chi connectivity index (χ2v) is 4.51. The largest absolute Gasteiger partial charge is 0.468 e. The highest BCUT2D eigenvalue weighted by atomic mass is 16.5. The van der Waals surface area contributed by atoms with Gasteiger partial charge in [-0.05, 0) is 18.1 Å². The van der Waals surface area contributed by atoms with Crippen LogP contribution in [0.15, 0.2) is 24.5 Å². The van der Waals surface area contributed by atoms with Gasteiger partial charge < -0.3 is 14.7 Å². The number of aromatic amines is 2. The number of carbonyl (C=O) groups excluding carboxylic acids is 1. The highest BCUT2D eigenvalue weighted by molar-refractivity contribution is 5.77. The summed E-state index contributed by atoms with van der Waals surface area (Å²) in [7, 11) is 1.40. The second-order valence-electron chi connectivity index (χ2n) is 4.51. The van der Waals surface area contributed by atoms with Gasteiger partial charge in [-0.25, -0.2) is 4.98 Å². The van der Waals surface area contributed by atoms with Gasteiger partial charge in [-0.1, -0.05) is 13.8 Å². The van der Waals surface area contributed by atoms with Crippen LogP contribution in [-0.2, 0) is 9.53 Å². The van der Waals surface area contributed by atoms with E-state index in [0.717, 1.165) is 11.4 Å². The number of imidazole rings is 1. The molecule has 96 valence electrons. The molecule has 0 bridgehead atoms. The molecule has 0 fully saturated rings. The Labute approximate surface area is 106 Å². The summed E-state index contributed by atoms with van der Waals surface area (Å²) < 4.78 is 4.82. The summed E-state index contributed by atoms with van der Waals surface area (Å²) in [5, 5.41) is 0. The van der Waals surface area contributed by atoms with Crippen molar-refractivity contribution >= 4 is 5.97 Å². The van der Waals surface area contributed by atoms with Gasteiger partial charge in [0.05, 0.1) is 24.7 Å². The SMILES string of the molecule is COC(=O)C(c1ncc(-c2ccc[nH]2)[nH]1)C(C)C. The topological polar surface area (TPSA) is 70.8 Å². The lowest BCUT2D eigenvalue weighted by molar-refractivity contribution is -0.143. The average Bonchev–Trinajstić information content (AvgIpc) is 2.98. The number of rotatable bonds is 4. The van der Waals surface area contributed by atoms with Crippen molar-refractivity contribution in [2.75, 3.05) is 7.11 Å². The molecular weight excluding hydrogens is 230 g/mol. The second kappa shape index (κ2) is 5.08. The molecule has 2 N–H and O–H groups in total. The molecule has 5 heteroatoms. The summed E-state index contributed by atoms with van der Waals surface area (Å²) in [6.07, 6.45) is 3.57. The summed E-state index contributed by atoms with van der Waals surface area (Å²) >= 11 is 0. The maximum Gasteiger partial charge on any atom is 0.316 e. The highest BCUT2D eigenvalue weighted by Gasteiger charge is 2.27. The predicted octanol–water partition coefficient (Wildman–Crippen LogP) is 2.32. The van der Waals surface area contributed by atoms with E-state index >= 15 is 0 Å². The number of esters is 1. The summed E-state index contributed by atoms with van der Waals surface area (Å²) in [5.74, 6) is 0.137. The van der Waals surface area contributed by atoms with Gasteiger partial charge >= 0.3 is 5.97 Å². The molecule has 0 saturated heterocycles. The van der Waals surface area contributed by atoms with E-state index in [-0.39, 0.29) is 17.8 Å².